The first-order chi connectivity index (χ1) is 5.95. The molecule has 1 N–H and O–H groups in total. The third-order valence-electron chi connectivity index (χ3n) is 1.63. The Kier molecular flexibility index (Phi) is 3.28. The molecule has 0 spiro atoms. The number of benzene rings is 1. The predicted molar refractivity (Wildman–Crippen MR) is 58.5 cm³/mol. The minimum Gasteiger partial charge on any atom is -0.478 e. The van der Waals surface area contributed by atoms with Gasteiger partial charge in [-0.15, -0.1) is 0 Å². The Labute approximate surface area is 96.4 Å². The maximum atomic E-state index is 13.1. The van der Waals surface area contributed by atoms with Gasteiger partial charge in [0.05, 0.1) is 9.13 Å². The molecule has 0 atom stereocenters. The highest BCUT2D eigenvalue weighted by Gasteiger charge is 2.17. The molecule has 0 heterocycles. The quantitative estimate of drug-likeness (QED) is 0.618. The predicted octanol–water partition coefficient (Wildman–Crippen LogP) is 3.20. The van der Waals surface area contributed by atoms with Crippen molar-refractivity contribution in [1.29, 1.82) is 0 Å². The number of rotatable bonds is 1. The minimum absolute atomic E-state index is 0.0208. The maximum absolute atomic E-state index is 13.1. The number of hydrogen-bond donors (Lipinski definition) is 1. The van der Waals surface area contributed by atoms with Crippen molar-refractivity contribution in [3.63, 3.8) is 0 Å². The van der Waals surface area contributed by atoms with Crippen LogP contribution in [0.4, 0.5) is 4.39 Å². The van der Waals surface area contributed by atoms with Gasteiger partial charge in [-0.05, 0) is 41.1 Å². The van der Waals surface area contributed by atoms with Crippen molar-refractivity contribution in [2.24, 2.45) is 0 Å². The van der Waals surface area contributed by atoms with E-state index in [0.29, 0.717) is 10.0 Å². The van der Waals surface area contributed by atoms with Crippen LogP contribution in [0.3, 0.4) is 0 Å². The number of aromatic carboxylic acids is 1. The molecule has 1 rings (SSSR count). The summed E-state index contributed by atoms with van der Waals surface area (Å²) in [5.41, 5.74) is 0.561. The zero-order chi connectivity index (χ0) is 10.2. The van der Waals surface area contributed by atoms with Gasteiger partial charge in [-0.3, -0.25) is 0 Å². The van der Waals surface area contributed by atoms with Gasteiger partial charge >= 0.3 is 5.97 Å². The summed E-state index contributed by atoms with van der Waals surface area (Å²) in [6.07, 6.45) is 0. The van der Waals surface area contributed by atoms with E-state index >= 15 is 0 Å². The van der Waals surface area contributed by atoms with E-state index in [2.05, 4.69) is 15.9 Å². The summed E-state index contributed by atoms with van der Waals surface area (Å²) in [5.74, 6) is -1.63. The van der Waals surface area contributed by atoms with Crippen molar-refractivity contribution in [1.82, 2.24) is 0 Å². The summed E-state index contributed by atoms with van der Waals surface area (Å²) in [6, 6.07) is 1.27. The fourth-order valence-electron chi connectivity index (χ4n) is 0.941. The molecule has 0 saturated heterocycles. The Balaban J connectivity index is 3.56. The standard InChI is InChI=1S/C8H5BrFIO2/c1-3-4(9)2-5(10)7(11)6(3)8(12)13/h2H,1H3,(H,12,13). The van der Waals surface area contributed by atoms with E-state index in [4.69, 9.17) is 5.11 Å². The van der Waals surface area contributed by atoms with Crippen LogP contribution in [0.2, 0.25) is 0 Å². The van der Waals surface area contributed by atoms with Gasteiger partial charge in [0.2, 0.25) is 0 Å². The lowest BCUT2D eigenvalue weighted by molar-refractivity contribution is 0.0694. The fraction of sp³-hybridized carbons (Fsp3) is 0.125. The Bertz CT molecular complexity index is 353. The molecule has 13 heavy (non-hydrogen) atoms. The second-order valence-corrected chi connectivity index (χ2v) is 4.39. The second-order valence-electron chi connectivity index (χ2n) is 2.46. The molecule has 0 unspecified atom stereocenters. The van der Waals surface area contributed by atoms with Gasteiger partial charge in [0.1, 0.15) is 5.82 Å². The van der Waals surface area contributed by atoms with Crippen LogP contribution in [-0.2, 0) is 0 Å². The Morgan fingerprint density at radius 3 is 2.69 bits per heavy atom. The van der Waals surface area contributed by atoms with E-state index in [9.17, 15) is 9.18 Å². The molecule has 0 fully saturated rings. The molecule has 5 heteroatoms. The van der Waals surface area contributed by atoms with Crippen LogP contribution < -0.4 is 0 Å². The van der Waals surface area contributed by atoms with E-state index in [-0.39, 0.29) is 9.13 Å². The lowest BCUT2D eigenvalue weighted by Gasteiger charge is -2.06. The van der Waals surface area contributed by atoms with Crippen LogP contribution in [0.5, 0.6) is 0 Å². The van der Waals surface area contributed by atoms with Crippen LogP contribution in [-0.4, -0.2) is 11.1 Å². The average molecular weight is 359 g/mol. The Morgan fingerprint density at radius 1 is 1.69 bits per heavy atom. The maximum Gasteiger partial charge on any atom is 0.337 e. The van der Waals surface area contributed by atoms with E-state index < -0.39 is 11.8 Å². The molecule has 0 aromatic heterocycles. The molecular formula is C8H5BrFIO2. The summed E-state index contributed by atoms with van der Waals surface area (Å²) < 4.78 is 13.7. The first-order valence-corrected chi connectivity index (χ1v) is 5.19. The summed E-state index contributed by atoms with van der Waals surface area (Å²) in [4.78, 5) is 10.8. The van der Waals surface area contributed by atoms with Crippen molar-refractivity contribution >= 4 is 44.5 Å². The van der Waals surface area contributed by atoms with Gasteiger partial charge in [-0.2, -0.15) is 0 Å². The lowest BCUT2D eigenvalue weighted by atomic mass is 10.1. The largest absolute Gasteiger partial charge is 0.478 e. The molecule has 0 bridgehead atoms. The number of halogens is 3. The fourth-order valence-corrected chi connectivity index (χ4v) is 2.13. The van der Waals surface area contributed by atoms with Crippen LogP contribution in [0.1, 0.15) is 15.9 Å². The van der Waals surface area contributed by atoms with Crippen LogP contribution in [0.15, 0.2) is 10.5 Å². The van der Waals surface area contributed by atoms with E-state index in [1.807, 2.05) is 0 Å². The van der Waals surface area contributed by atoms with Crippen molar-refractivity contribution in [2.75, 3.05) is 0 Å². The topological polar surface area (TPSA) is 37.3 Å². The van der Waals surface area contributed by atoms with Crippen molar-refractivity contribution in [3.8, 4) is 0 Å². The van der Waals surface area contributed by atoms with Crippen molar-refractivity contribution in [3.05, 3.63) is 31.1 Å². The third-order valence-corrected chi connectivity index (χ3v) is 3.51. The molecule has 0 radical (unpaired) electrons. The van der Waals surface area contributed by atoms with Gasteiger partial charge in [0, 0.05) is 4.47 Å². The van der Waals surface area contributed by atoms with E-state index in [1.165, 1.54) is 6.07 Å². The monoisotopic (exact) mass is 358 g/mol. The first kappa shape index (κ1) is 10.9. The Hall–Kier alpha value is -0.170. The summed E-state index contributed by atoms with van der Waals surface area (Å²) in [5, 5.41) is 8.80. The molecule has 0 aliphatic carbocycles. The average Bonchev–Trinajstić information content (AvgIpc) is 2.01. The van der Waals surface area contributed by atoms with Crippen LogP contribution in [0, 0.1) is 16.3 Å². The van der Waals surface area contributed by atoms with Gasteiger partial charge < -0.3 is 5.11 Å². The normalized spacial score (nSPS) is 10.2. The molecule has 2 nitrogen and oxygen atoms in total. The van der Waals surface area contributed by atoms with E-state index in [1.54, 1.807) is 29.5 Å². The number of carboxylic acids is 1. The second kappa shape index (κ2) is 3.91. The highest BCUT2D eigenvalue weighted by atomic mass is 127. The summed E-state index contributed by atoms with van der Waals surface area (Å²) >= 11 is 4.78. The molecule has 0 amide bonds. The lowest BCUT2D eigenvalue weighted by Crippen LogP contribution is -2.05. The van der Waals surface area contributed by atoms with Gasteiger partial charge in [-0.25, -0.2) is 9.18 Å². The minimum atomic E-state index is -1.11. The van der Waals surface area contributed by atoms with Crippen molar-refractivity contribution in [2.45, 2.75) is 6.92 Å². The molecule has 70 valence electrons. The van der Waals surface area contributed by atoms with Crippen molar-refractivity contribution < 1.29 is 14.3 Å². The third kappa shape index (κ3) is 2.01. The highest BCUT2D eigenvalue weighted by Crippen LogP contribution is 2.27. The van der Waals surface area contributed by atoms with Gasteiger partial charge in [0.15, 0.2) is 0 Å². The first-order valence-electron chi connectivity index (χ1n) is 3.32. The summed E-state index contributed by atoms with van der Waals surface area (Å²) in [7, 11) is 0. The van der Waals surface area contributed by atoms with Gasteiger partial charge in [-0.1, -0.05) is 15.9 Å². The Morgan fingerprint density at radius 2 is 2.23 bits per heavy atom. The molecule has 0 saturated carbocycles. The van der Waals surface area contributed by atoms with Crippen LogP contribution >= 0.6 is 38.5 Å². The number of hydrogen-bond acceptors (Lipinski definition) is 1. The van der Waals surface area contributed by atoms with E-state index in [0.717, 1.165) is 0 Å². The molecular weight excluding hydrogens is 354 g/mol. The molecule has 1 aromatic carbocycles. The summed E-state index contributed by atoms with van der Waals surface area (Å²) in [6.45, 7) is 1.63. The zero-order valence-corrected chi connectivity index (χ0v) is 10.3. The highest BCUT2D eigenvalue weighted by molar-refractivity contribution is 14.1. The smallest absolute Gasteiger partial charge is 0.337 e. The number of carbonyl (C=O) groups is 1. The SMILES string of the molecule is Cc1c(Br)cc(F)c(I)c1C(=O)O. The van der Waals surface area contributed by atoms with Gasteiger partial charge in [0.25, 0.3) is 0 Å². The zero-order valence-electron chi connectivity index (χ0n) is 6.57. The molecule has 0 aliphatic heterocycles. The molecule has 0 aliphatic rings. The van der Waals surface area contributed by atoms with Crippen LogP contribution in [0.25, 0.3) is 0 Å². The molecule has 1 aromatic rings. The number of carboxylic acid groups (broad SMARTS) is 1.